The number of halogens is 2. The van der Waals surface area contributed by atoms with Gasteiger partial charge in [0, 0.05) is 25.5 Å². The molecule has 1 saturated heterocycles. The van der Waals surface area contributed by atoms with Crippen molar-refractivity contribution >= 4 is 5.91 Å². The van der Waals surface area contributed by atoms with Crippen LogP contribution in [-0.2, 0) is 11.2 Å². The lowest BCUT2D eigenvalue weighted by molar-refractivity contribution is -0.132. The van der Waals surface area contributed by atoms with Gasteiger partial charge in [0.05, 0.1) is 32.0 Å². The molecule has 0 unspecified atom stereocenters. The van der Waals surface area contributed by atoms with Crippen LogP contribution in [0.4, 0.5) is 8.78 Å². The number of ether oxygens (including phenoxy) is 2. The van der Waals surface area contributed by atoms with Crippen molar-refractivity contribution in [2.45, 2.75) is 31.7 Å². The SMILES string of the molecule is COc1ccc([C@H]2CCCN2C(=O)CCc2ncc(-c3ccc(F)cc3F)o2)cc1OC. The summed E-state index contributed by atoms with van der Waals surface area (Å²) in [6, 6.07) is 8.93. The third kappa shape index (κ3) is 4.44. The van der Waals surface area contributed by atoms with Crippen molar-refractivity contribution in [2.24, 2.45) is 0 Å². The topological polar surface area (TPSA) is 64.8 Å². The predicted molar refractivity (Wildman–Crippen MR) is 113 cm³/mol. The van der Waals surface area contributed by atoms with E-state index in [1.807, 2.05) is 23.1 Å². The number of carbonyl (C=O) groups excluding carboxylic acids is 1. The Bertz CT molecular complexity index is 1120. The van der Waals surface area contributed by atoms with Crippen molar-refractivity contribution in [3.8, 4) is 22.8 Å². The second-order valence-corrected chi connectivity index (χ2v) is 7.60. The summed E-state index contributed by atoms with van der Waals surface area (Å²) < 4.78 is 43.4. The fraction of sp³-hybridized carbons (Fsp3) is 0.333. The molecule has 0 N–H and O–H groups in total. The van der Waals surface area contributed by atoms with E-state index in [0.29, 0.717) is 23.9 Å². The van der Waals surface area contributed by atoms with Crippen LogP contribution in [0, 0.1) is 11.6 Å². The van der Waals surface area contributed by atoms with Crippen LogP contribution in [-0.4, -0.2) is 36.6 Å². The third-order valence-electron chi connectivity index (χ3n) is 5.67. The van der Waals surface area contributed by atoms with Gasteiger partial charge < -0.3 is 18.8 Å². The molecular weight excluding hydrogens is 418 g/mol. The van der Waals surface area contributed by atoms with E-state index in [9.17, 15) is 13.6 Å². The lowest BCUT2D eigenvalue weighted by Crippen LogP contribution is -2.30. The largest absolute Gasteiger partial charge is 0.493 e. The monoisotopic (exact) mass is 442 g/mol. The Labute approximate surface area is 184 Å². The summed E-state index contributed by atoms with van der Waals surface area (Å²) in [5.74, 6) is 0.419. The molecule has 0 aliphatic carbocycles. The third-order valence-corrected chi connectivity index (χ3v) is 5.67. The zero-order chi connectivity index (χ0) is 22.7. The van der Waals surface area contributed by atoms with Gasteiger partial charge in [-0.05, 0) is 42.7 Å². The molecule has 1 aromatic heterocycles. The maximum Gasteiger partial charge on any atom is 0.223 e. The molecule has 2 heterocycles. The summed E-state index contributed by atoms with van der Waals surface area (Å²) in [5.41, 5.74) is 1.13. The van der Waals surface area contributed by atoms with E-state index in [4.69, 9.17) is 13.9 Å². The van der Waals surface area contributed by atoms with Crippen LogP contribution >= 0.6 is 0 Å². The molecule has 0 spiro atoms. The zero-order valence-corrected chi connectivity index (χ0v) is 17.9. The highest BCUT2D eigenvalue weighted by Gasteiger charge is 2.30. The molecule has 8 heteroatoms. The molecule has 1 fully saturated rings. The summed E-state index contributed by atoms with van der Waals surface area (Å²) in [7, 11) is 3.17. The molecule has 4 rings (SSSR count). The number of hydrogen-bond donors (Lipinski definition) is 0. The molecule has 2 aromatic carbocycles. The number of nitrogens with zero attached hydrogens (tertiary/aromatic N) is 2. The van der Waals surface area contributed by atoms with E-state index in [0.717, 1.165) is 30.5 Å². The Hall–Kier alpha value is -3.42. The standard InChI is InChI=1S/C24H24F2N2O4/c1-30-20-8-5-15(12-21(20)31-2)19-4-3-11-28(19)24(29)10-9-23-27-14-22(32-23)17-7-6-16(25)13-18(17)26/h5-8,12-14,19H,3-4,9-11H2,1-2H3/t19-/m1/s1. The number of aryl methyl sites for hydroxylation is 1. The van der Waals surface area contributed by atoms with Crippen molar-refractivity contribution < 1.29 is 27.5 Å². The fourth-order valence-corrected chi connectivity index (χ4v) is 4.07. The number of hydrogen-bond acceptors (Lipinski definition) is 5. The summed E-state index contributed by atoms with van der Waals surface area (Å²) in [4.78, 5) is 19.0. The average molecular weight is 442 g/mol. The molecule has 168 valence electrons. The summed E-state index contributed by atoms with van der Waals surface area (Å²) in [6.45, 7) is 0.676. The minimum Gasteiger partial charge on any atom is -0.493 e. The lowest BCUT2D eigenvalue weighted by Gasteiger charge is -2.25. The Kier molecular flexibility index (Phi) is 6.39. The summed E-state index contributed by atoms with van der Waals surface area (Å²) in [6.07, 6.45) is 3.68. The van der Waals surface area contributed by atoms with Gasteiger partial charge in [-0.3, -0.25) is 4.79 Å². The number of aromatic nitrogens is 1. The number of rotatable bonds is 7. The van der Waals surface area contributed by atoms with Gasteiger partial charge in [-0.15, -0.1) is 0 Å². The van der Waals surface area contributed by atoms with Gasteiger partial charge in [0.25, 0.3) is 0 Å². The van der Waals surface area contributed by atoms with Crippen LogP contribution in [0.3, 0.4) is 0 Å². The Morgan fingerprint density at radius 3 is 2.72 bits per heavy atom. The highest BCUT2D eigenvalue weighted by Crippen LogP contribution is 2.37. The van der Waals surface area contributed by atoms with Crippen molar-refractivity contribution in [3.05, 3.63) is 65.7 Å². The normalized spacial score (nSPS) is 15.8. The minimum absolute atomic E-state index is 0.00463. The van der Waals surface area contributed by atoms with E-state index in [1.54, 1.807) is 14.2 Å². The predicted octanol–water partition coefficient (Wildman–Crippen LogP) is 4.93. The Morgan fingerprint density at radius 1 is 1.16 bits per heavy atom. The van der Waals surface area contributed by atoms with E-state index in [1.165, 1.54) is 12.3 Å². The molecule has 32 heavy (non-hydrogen) atoms. The van der Waals surface area contributed by atoms with E-state index in [2.05, 4.69) is 4.98 Å². The van der Waals surface area contributed by atoms with Gasteiger partial charge >= 0.3 is 0 Å². The molecule has 1 amide bonds. The smallest absolute Gasteiger partial charge is 0.223 e. The molecular formula is C24H24F2N2O4. The second kappa shape index (κ2) is 9.38. The van der Waals surface area contributed by atoms with E-state index >= 15 is 0 Å². The van der Waals surface area contributed by atoms with Crippen LogP contribution < -0.4 is 9.47 Å². The average Bonchev–Trinajstić information content (AvgIpc) is 3.47. The quantitative estimate of drug-likeness (QED) is 0.519. The van der Waals surface area contributed by atoms with Crippen LogP contribution in [0.5, 0.6) is 11.5 Å². The number of oxazole rings is 1. The van der Waals surface area contributed by atoms with Crippen LogP contribution in [0.25, 0.3) is 11.3 Å². The van der Waals surface area contributed by atoms with Crippen molar-refractivity contribution in [1.29, 1.82) is 0 Å². The number of amides is 1. The van der Waals surface area contributed by atoms with E-state index < -0.39 is 11.6 Å². The van der Waals surface area contributed by atoms with Crippen molar-refractivity contribution in [1.82, 2.24) is 9.88 Å². The van der Waals surface area contributed by atoms with Crippen molar-refractivity contribution in [3.63, 3.8) is 0 Å². The number of carbonyl (C=O) groups is 1. The highest BCUT2D eigenvalue weighted by atomic mass is 19.1. The number of methoxy groups -OCH3 is 2. The molecule has 1 atom stereocenters. The lowest BCUT2D eigenvalue weighted by atomic mass is 10.0. The molecule has 0 radical (unpaired) electrons. The van der Waals surface area contributed by atoms with E-state index in [-0.39, 0.29) is 36.1 Å². The molecule has 3 aromatic rings. The molecule has 1 aliphatic rings. The van der Waals surface area contributed by atoms with Gasteiger partial charge in [-0.1, -0.05) is 6.07 Å². The van der Waals surface area contributed by atoms with Crippen LogP contribution in [0.15, 0.2) is 47.0 Å². The highest BCUT2D eigenvalue weighted by molar-refractivity contribution is 5.77. The number of benzene rings is 2. The minimum atomic E-state index is -0.724. The first-order chi connectivity index (χ1) is 15.5. The Morgan fingerprint density at radius 2 is 1.97 bits per heavy atom. The molecule has 6 nitrogen and oxygen atoms in total. The van der Waals surface area contributed by atoms with Gasteiger partial charge in [0.2, 0.25) is 5.91 Å². The van der Waals surface area contributed by atoms with Gasteiger partial charge in [-0.25, -0.2) is 13.8 Å². The fourth-order valence-electron chi connectivity index (χ4n) is 4.07. The zero-order valence-electron chi connectivity index (χ0n) is 17.9. The molecule has 0 saturated carbocycles. The first kappa shape index (κ1) is 21.8. The Balaban J connectivity index is 1.42. The maximum absolute atomic E-state index is 14.0. The van der Waals surface area contributed by atoms with Crippen LogP contribution in [0.2, 0.25) is 0 Å². The van der Waals surface area contributed by atoms with Gasteiger partial charge in [-0.2, -0.15) is 0 Å². The number of likely N-dealkylation sites (tertiary alicyclic amines) is 1. The molecule has 1 aliphatic heterocycles. The maximum atomic E-state index is 14.0. The van der Waals surface area contributed by atoms with Crippen LogP contribution in [0.1, 0.15) is 36.8 Å². The van der Waals surface area contributed by atoms with Gasteiger partial charge in [0.15, 0.2) is 23.1 Å². The summed E-state index contributed by atoms with van der Waals surface area (Å²) in [5, 5.41) is 0. The van der Waals surface area contributed by atoms with Gasteiger partial charge in [0.1, 0.15) is 11.6 Å². The first-order valence-corrected chi connectivity index (χ1v) is 10.4. The first-order valence-electron chi connectivity index (χ1n) is 10.4. The second-order valence-electron chi connectivity index (χ2n) is 7.60. The summed E-state index contributed by atoms with van der Waals surface area (Å²) >= 11 is 0. The molecule has 0 bridgehead atoms. The van der Waals surface area contributed by atoms with Crippen molar-refractivity contribution in [2.75, 3.05) is 20.8 Å².